The summed E-state index contributed by atoms with van der Waals surface area (Å²) in [5, 5.41) is 3.86. The number of benzene rings is 2. The first kappa shape index (κ1) is 24.2. The third kappa shape index (κ3) is 6.57. The van der Waals surface area contributed by atoms with Gasteiger partial charge in [0.1, 0.15) is 5.82 Å². The zero-order chi connectivity index (χ0) is 23.8. The van der Waals surface area contributed by atoms with Gasteiger partial charge in [0.2, 0.25) is 6.79 Å². The lowest BCUT2D eigenvalue weighted by Crippen LogP contribution is -2.37. The van der Waals surface area contributed by atoms with Gasteiger partial charge in [0.05, 0.1) is 11.9 Å². The van der Waals surface area contributed by atoms with Crippen LogP contribution in [-0.2, 0) is 0 Å². The van der Waals surface area contributed by atoms with Crippen molar-refractivity contribution in [3.05, 3.63) is 53.8 Å². The Morgan fingerprint density at radius 3 is 2.65 bits per heavy atom. The lowest BCUT2D eigenvalue weighted by atomic mass is 9.89. The molecular formula is C25H29FN4O3S. The SMILES string of the molecule is N/N=C(\C=N\Sc1ccc2c(c1)OCO2)CCCCN1CCC(C(=O)c2ccc(F)cc2)CC1. The highest BCUT2D eigenvalue weighted by atomic mass is 32.2. The largest absolute Gasteiger partial charge is 0.454 e. The Hall–Kier alpha value is -2.91. The summed E-state index contributed by atoms with van der Waals surface area (Å²) >= 11 is 1.34. The van der Waals surface area contributed by atoms with E-state index in [9.17, 15) is 9.18 Å². The maximum Gasteiger partial charge on any atom is 0.231 e. The Morgan fingerprint density at radius 1 is 1.12 bits per heavy atom. The molecule has 1 saturated heterocycles. The van der Waals surface area contributed by atoms with Gasteiger partial charge in [0.15, 0.2) is 17.3 Å². The molecule has 0 saturated carbocycles. The fraction of sp³-hybridized carbons (Fsp3) is 0.400. The van der Waals surface area contributed by atoms with Gasteiger partial charge in [-0.1, -0.05) is 0 Å². The Kier molecular flexibility index (Phi) is 8.54. The van der Waals surface area contributed by atoms with Crippen molar-refractivity contribution < 1.29 is 18.7 Å². The molecular weight excluding hydrogens is 455 g/mol. The number of nitrogens with zero attached hydrogens (tertiary/aromatic N) is 3. The highest BCUT2D eigenvalue weighted by Gasteiger charge is 2.25. The Labute approximate surface area is 203 Å². The smallest absolute Gasteiger partial charge is 0.231 e. The summed E-state index contributed by atoms with van der Waals surface area (Å²) in [7, 11) is 0. The van der Waals surface area contributed by atoms with E-state index in [0.717, 1.165) is 73.8 Å². The number of hydrazone groups is 1. The molecule has 0 aliphatic carbocycles. The van der Waals surface area contributed by atoms with Crippen LogP contribution < -0.4 is 15.3 Å². The van der Waals surface area contributed by atoms with Gasteiger partial charge in [-0.05, 0) is 94.2 Å². The lowest BCUT2D eigenvalue weighted by Gasteiger charge is -2.31. The minimum absolute atomic E-state index is 0.0242. The second-order valence-corrected chi connectivity index (χ2v) is 9.27. The van der Waals surface area contributed by atoms with E-state index in [-0.39, 0.29) is 24.3 Å². The number of hydrogen-bond donors (Lipinski definition) is 1. The van der Waals surface area contributed by atoms with Gasteiger partial charge in [-0.15, -0.1) is 0 Å². The van der Waals surface area contributed by atoms with E-state index in [0.29, 0.717) is 5.56 Å². The van der Waals surface area contributed by atoms with Crippen LogP contribution in [-0.4, -0.2) is 49.0 Å². The van der Waals surface area contributed by atoms with E-state index >= 15 is 0 Å². The molecule has 7 nitrogen and oxygen atoms in total. The molecule has 0 aromatic heterocycles. The third-order valence-electron chi connectivity index (χ3n) is 6.11. The number of carbonyl (C=O) groups excluding carboxylic acids is 1. The van der Waals surface area contributed by atoms with E-state index in [1.807, 2.05) is 18.2 Å². The van der Waals surface area contributed by atoms with E-state index in [1.54, 1.807) is 18.3 Å². The molecule has 0 unspecified atom stereocenters. The van der Waals surface area contributed by atoms with Crippen molar-refractivity contribution in [2.75, 3.05) is 26.4 Å². The highest BCUT2D eigenvalue weighted by Crippen LogP contribution is 2.35. The van der Waals surface area contributed by atoms with E-state index < -0.39 is 0 Å². The monoisotopic (exact) mass is 484 g/mol. The number of hydrogen-bond acceptors (Lipinski definition) is 8. The first-order valence-electron chi connectivity index (χ1n) is 11.5. The minimum Gasteiger partial charge on any atom is -0.454 e. The highest BCUT2D eigenvalue weighted by molar-refractivity contribution is 7.98. The molecule has 0 radical (unpaired) electrons. The van der Waals surface area contributed by atoms with Crippen molar-refractivity contribution in [3.63, 3.8) is 0 Å². The fourth-order valence-corrected chi connectivity index (χ4v) is 4.74. The van der Waals surface area contributed by atoms with Crippen LogP contribution in [0.3, 0.4) is 0 Å². The van der Waals surface area contributed by atoms with Crippen LogP contribution in [0.4, 0.5) is 4.39 Å². The molecule has 0 amide bonds. The molecule has 2 aliphatic heterocycles. The summed E-state index contributed by atoms with van der Waals surface area (Å²) in [6.45, 7) is 3.05. The Bertz CT molecular complexity index is 1040. The molecule has 2 aromatic carbocycles. The molecule has 0 atom stereocenters. The number of piperidine rings is 1. The average molecular weight is 485 g/mol. The van der Waals surface area contributed by atoms with Crippen LogP contribution in [0.15, 0.2) is 56.9 Å². The quantitative estimate of drug-likeness (QED) is 0.131. The Balaban J connectivity index is 1.13. The van der Waals surface area contributed by atoms with Crippen molar-refractivity contribution in [2.24, 2.45) is 21.3 Å². The van der Waals surface area contributed by atoms with E-state index in [1.165, 1.54) is 24.1 Å². The van der Waals surface area contributed by atoms with Gasteiger partial charge in [-0.3, -0.25) is 4.79 Å². The molecule has 0 bridgehead atoms. The van der Waals surface area contributed by atoms with E-state index in [4.69, 9.17) is 15.3 Å². The molecule has 34 heavy (non-hydrogen) atoms. The minimum atomic E-state index is -0.316. The number of ketones is 1. The number of carbonyl (C=O) groups is 1. The predicted octanol–water partition coefficient (Wildman–Crippen LogP) is 4.71. The van der Waals surface area contributed by atoms with E-state index in [2.05, 4.69) is 14.4 Å². The van der Waals surface area contributed by atoms with Gasteiger partial charge >= 0.3 is 0 Å². The predicted molar refractivity (Wildman–Crippen MR) is 132 cm³/mol. The van der Waals surface area contributed by atoms with Crippen LogP contribution in [0.25, 0.3) is 0 Å². The summed E-state index contributed by atoms with van der Waals surface area (Å²) in [6.07, 6.45) is 6.15. The Morgan fingerprint density at radius 2 is 1.88 bits per heavy atom. The van der Waals surface area contributed by atoms with Gasteiger partial charge in [0.25, 0.3) is 0 Å². The molecule has 4 rings (SSSR count). The number of fused-ring (bicyclic) bond motifs is 1. The van der Waals surface area contributed by atoms with Crippen LogP contribution in [0.2, 0.25) is 0 Å². The molecule has 1 fully saturated rings. The summed E-state index contributed by atoms with van der Waals surface area (Å²) in [5.74, 6) is 6.86. The molecule has 2 heterocycles. The van der Waals surface area contributed by atoms with Crippen molar-refractivity contribution in [2.45, 2.75) is 37.0 Å². The van der Waals surface area contributed by atoms with Gasteiger partial charge in [0, 0.05) is 28.3 Å². The molecule has 2 aliphatic rings. The van der Waals surface area contributed by atoms with Crippen molar-refractivity contribution in [1.82, 2.24) is 4.90 Å². The zero-order valence-electron chi connectivity index (χ0n) is 19.0. The number of ether oxygens (including phenoxy) is 2. The normalized spacial score (nSPS) is 16.9. The number of halogens is 1. The summed E-state index contributed by atoms with van der Waals surface area (Å²) in [4.78, 5) is 16.0. The molecule has 9 heteroatoms. The number of nitrogens with two attached hydrogens (primary N) is 1. The van der Waals surface area contributed by atoms with Crippen molar-refractivity contribution in [1.29, 1.82) is 0 Å². The number of Topliss-reactive ketones (excluding diaryl/α,β-unsaturated/α-hetero) is 1. The summed E-state index contributed by atoms with van der Waals surface area (Å²) < 4.78 is 28.2. The average Bonchev–Trinajstić information content (AvgIpc) is 3.34. The number of rotatable bonds is 10. The number of likely N-dealkylation sites (tertiary alicyclic amines) is 1. The maximum absolute atomic E-state index is 13.1. The summed E-state index contributed by atoms with van der Waals surface area (Å²) in [6, 6.07) is 11.6. The lowest BCUT2D eigenvalue weighted by molar-refractivity contribution is 0.0839. The standard InChI is InChI=1S/C25H29FN4O3S/c26-20-6-4-18(5-7-20)25(31)19-10-13-30(14-11-19)12-2-1-3-21(29-27)16-28-34-22-8-9-23-24(15-22)33-17-32-23/h4-9,15-16,19H,1-3,10-14,17,27H2/b28-16+,29-21-. The molecule has 0 spiro atoms. The first-order valence-corrected chi connectivity index (χ1v) is 12.3. The van der Waals surface area contributed by atoms with Gasteiger partial charge < -0.3 is 20.2 Å². The van der Waals surface area contributed by atoms with Crippen LogP contribution in [0, 0.1) is 11.7 Å². The van der Waals surface area contributed by atoms with Crippen molar-refractivity contribution in [3.8, 4) is 11.5 Å². The molecule has 2 N–H and O–H groups in total. The summed E-state index contributed by atoms with van der Waals surface area (Å²) in [5.41, 5.74) is 1.36. The molecule has 180 valence electrons. The fourth-order valence-electron chi connectivity index (χ4n) is 4.15. The zero-order valence-corrected chi connectivity index (χ0v) is 19.8. The van der Waals surface area contributed by atoms with Crippen LogP contribution >= 0.6 is 11.9 Å². The van der Waals surface area contributed by atoms with Crippen LogP contribution in [0.5, 0.6) is 11.5 Å². The topological polar surface area (TPSA) is 89.5 Å². The maximum atomic E-state index is 13.1. The molecule has 2 aromatic rings. The number of unbranched alkanes of at least 4 members (excludes halogenated alkanes) is 1. The van der Waals surface area contributed by atoms with Crippen LogP contribution in [0.1, 0.15) is 42.5 Å². The van der Waals surface area contributed by atoms with Gasteiger partial charge in [-0.25, -0.2) is 8.79 Å². The second kappa shape index (κ2) is 12.0. The van der Waals surface area contributed by atoms with Gasteiger partial charge in [-0.2, -0.15) is 5.10 Å². The first-order chi connectivity index (χ1) is 16.6. The second-order valence-electron chi connectivity index (χ2n) is 8.41. The van der Waals surface area contributed by atoms with Crippen molar-refractivity contribution >= 4 is 29.7 Å². The third-order valence-corrected chi connectivity index (χ3v) is 6.79.